The number of aryl methyl sites for hydroxylation is 1. The number of methoxy groups -OCH3 is 1. The van der Waals surface area contributed by atoms with Crippen LogP contribution in [-0.2, 0) is 27.4 Å². The molecule has 1 aromatic heterocycles. The number of piperazine rings is 1. The number of carbonyl (C=O) groups excluding carboxylic acids is 2. The van der Waals surface area contributed by atoms with E-state index in [2.05, 4.69) is 105 Å². The monoisotopic (exact) mass is 763 g/mol. The van der Waals surface area contributed by atoms with E-state index in [1.807, 2.05) is 20.8 Å². The second kappa shape index (κ2) is 17.8. The number of rotatable bonds is 14. The van der Waals surface area contributed by atoms with E-state index in [1.165, 1.54) is 10.9 Å². The Kier molecular flexibility index (Phi) is 12.7. The van der Waals surface area contributed by atoms with Gasteiger partial charge in [-0.1, -0.05) is 54.6 Å². The van der Waals surface area contributed by atoms with Crippen molar-refractivity contribution in [2.75, 3.05) is 73.2 Å². The first-order valence-electron chi connectivity index (χ1n) is 20.6. The first-order chi connectivity index (χ1) is 27.1. The zero-order valence-electron chi connectivity index (χ0n) is 34.1. The van der Waals surface area contributed by atoms with Gasteiger partial charge in [0.25, 0.3) is 0 Å². The molecule has 3 aliphatic rings. The molecule has 3 heterocycles. The molecule has 3 aromatic carbocycles. The molecular weight excluding hydrogens is 703 g/mol. The van der Waals surface area contributed by atoms with Gasteiger partial charge >= 0.3 is 6.09 Å². The predicted molar refractivity (Wildman–Crippen MR) is 222 cm³/mol. The van der Waals surface area contributed by atoms with Gasteiger partial charge in [0.05, 0.1) is 5.92 Å². The van der Waals surface area contributed by atoms with Gasteiger partial charge in [0.2, 0.25) is 5.91 Å². The molecule has 7 rings (SSSR count). The lowest BCUT2D eigenvalue weighted by Gasteiger charge is -2.40. The molecule has 0 unspecified atom stereocenters. The summed E-state index contributed by atoms with van der Waals surface area (Å²) in [6.45, 7) is 14.6. The minimum absolute atomic E-state index is 0.0463. The maximum Gasteiger partial charge on any atom is 0.410 e. The summed E-state index contributed by atoms with van der Waals surface area (Å²) < 4.78 is 19.6. The van der Waals surface area contributed by atoms with E-state index >= 15 is 4.79 Å². The summed E-state index contributed by atoms with van der Waals surface area (Å²) in [6.07, 6.45) is 5.45. The number of nitrogens with zero attached hydrogens (tertiary/aromatic N) is 5. The molecule has 56 heavy (non-hydrogen) atoms. The topological polar surface area (TPSA) is 79.7 Å². The van der Waals surface area contributed by atoms with E-state index in [0.717, 1.165) is 86.5 Å². The molecule has 10 nitrogen and oxygen atoms in total. The Labute approximate surface area is 333 Å². The van der Waals surface area contributed by atoms with Crippen molar-refractivity contribution in [2.45, 2.75) is 77.1 Å². The van der Waals surface area contributed by atoms with Gasteiger partial charge in [-0.25, -0.2) is 4.79 Å². The van der Waals surface area contributed by atoms with Crippen LogP contribution in [0.4, 0.5) is 4.79 Å². The zero-order valence-corrected chi connectivity index (χ0v) is 34.1. The van der Waals surface area contributed by atoms with Gasteiger partial charge in [0, 0.05) is 95.8 Å². The summed E-state index contributed by atoms with van der Waals surface area (Å²) >= 11 is 0. The second-order valence-electron chi connectivity index (χ2n) is 17.0. The van der Waals surface area contributed by atoms with Crippen LogP contribution in [0.15, 0.2) is 79.0 Å². The Hall–Kier alpha value is -4.38. The van der Waals surface area contributed by atoms with Gasteiger partial charge < -0.3 is 33.5 Å². The van der Waals surface area contributed by atoms with Crippen LogP contribution in [0.3, 0.4) is 0 Å². The number of aromatic nitrogens is 1. The fourth-order valence-electron chi connectivity index (χ4n) is 8.33. The van der Waals surface area contributed by atoms with Crippen LogP contribution < -0.4 is 4.74 Å². The van der Waals surface area contributed by atoms with Crippen LogP contribution in [0.1, 0.15) is 63.5 Å². The van der Waals surface area contributed by atoms with Crippen molar-refractivity contribution >= 4 is 22.9 Å². The first kappa shape index (κ1) is 39.8. The van der Waals surface area contributed by atoms with Crippen LogP contribution >= 0.6 is 0 Å². The van der Waals surface area contributed by atoms with Gasteiger partial charge in [0.1, 0.15) is 18.0 Å². The number of hydrogen-bond acceptors (Lipinski definition) is 7. The highest BCUT2D eigenvalue weighted by Gasteiger charge is 2.43. The molecular formula is C46H61N5O5. The molecule has 3 fully saturated rings. The molecule has 2 amide bonds. The van der Waals surface area contributed by atoms with Crippen LogP contribution in [0.25, 0.3) is 22.0 Å². The maximum atomic E-state index is 15.1. The third-order valence-corrected chi connectivity index (χ3v) is 11.6. The van der Waals surface area contributed by atoms with Crippen LogP contribution in [0.5, 0.6) is 5.75 Å². The Balaban J connectivity index is 1.11. The van der Waals surface area contributed by atoms with Gasteiger partial charge in [-0.2, -0.15) is 0 Å². The first-order valence-corrected chi connectivity index (χ1v) is 20.6. The SMILES string of the molecule is COCCCn1cc(CN(C(=O)[C@H]2CN(C(=O)OC(C)(C)C)CC[C@@H]2c2cccc(-c3ccc(OCCN4CCN(C)CC4)cc3)c2)C2CC2)c2ccccc21. The van der Waals surface area contributed by atoms with Gasteiger partial charge in [-0.3, -0.25) is 9.69 Å². The maximum absolute atomic E-state index is 15.1. The van der Waals surface area contributed by atoms with E-state index in [0.29, 0.717) is 39.3 Å². The normalized spacial score (nSPS) is 19.6. The summed E-state index contributed by atoms with van der Waals surface area (Å²) in [7, 11) is 3.91. The van der Waals surface area contributed by atoms with Crippen molar-refractivity contribution in [3.63, 3.8) is 0 Å². The van der Waals surface area contributed by atoms with Crippen molar-refractivity contribution in [1.82, 2.24) is 24.2 Å². The molecule has 2 saturated heterocycles. The Morgan fingerprint density at radius 2 is 1.61 bits per heavy atom. The van der Waals surface area contributed by atoms with Gasteiger partial charge in [0.15, 0.2) is 0 Å². The molecule has 0 spiro atoms. The molecule has 10 heteroatoms. The van der Waals surface area contributed by atoms with E-state index < -0.39 is 11.5 Å². The van der Waals surface area contributed by atoms with E-state index in [1.54, 1.807) is 12.0 Å². The number of para-hydroxylation sites is 1. The molecule has 1 saturated carbocycles. The number of amides is 2. The summed E-state index contributed by atoms with van der Waals surface area (Å²) in [5.74, 6) is 0.538. The zero-order chi connectivity index (χ0) is 39.2. The number of benzene rings is 3. The average Bonchev–Trinajstić information content (AvgIpc) is 3.99. The largest absolute Gasteiger partial charge is 0.492 e. The van der Waals surface area contributed by atoms with Crippen LogP contribution in [-0.4, -0.2) is 121 Å². The number of fused-ring (bicyclic) bond motifs is 1. The lowest BCUT2D eigenvalue weighted by Crippen LogP contribution is -2.51. The van der Waals surface area contributed by atoms with Crippen molar-refractivity contribution < 1.29 is 23.8 Å². The second-order valence-corrected chi connectivity index (χ2v) is 17.0. The van der Waals surface area contributed by atoms with Crippen molar-refractivity contribution in [3.8, 4) is 16.9 Å². The molecule has 0 radical (unpaired) electrons. The van der Waals surface area contributed by atoms with Crippen LogP contribution in [0, 0.1) is 5.92 Å². The quantitative estimate of drug-likeness (QED) is 0.123. The highest BCUT2D eigenvalue weighted by atomic mass is 16.6. The van der Waals surface area contributed by atoms with Crippen LogP contribution in [0.2, 0.25) is 0 Å². The number of likely N-dealkylation sites (N-methyl/N-ethyl adjacent to an activating group) is 1. The highest BCUT2D eigenvalue weighted by Crippen LogP contribution is 2.40. The number of likely N-dealkylation sites (tertiary alicyclic amines) is 1. The third-order valence-electron chi connectivity index (χ3n) is 11.6. The number of ether oxygens (including phenoxy) is 3. The Morgan fingerprint density at radius 3 is 2.34 bits per heavy atom. The summed E-state index contributed by atoms with van der Waals surface area (Å²) in [6, 6.07) is 25.7. The van der Waals surface area contributed by atoms with E-state index in [9.17, 15) is 4.79 Å². The smallest absolute Gasteiger partial charge is 0.410 e. The van der Waals surface area contributed by atoms with E-state index in [-0.39, 0.29) is 24.0 Å². The van der Waals surface area contributed by atoms with Gasteiger partial charge in [-0.05, 0) is 99.9 Å². The summed E-state index contributed by atoms with van der Waals surface area (Å²) in [5.41, 5.74) is 5.05. The molecule has 0 N–H and O–H groups in total. The average molecular weight is 764 g/mol. The molecule has 4 aromatic rings. The van der Waals surface area contributed by atoms with Gasteiger partial charge in [-0.15, -0.1) is 0 Å². The fourth-order valence-corrected chi connectivity index (χ4v) is 8.33. The minimum Gasteiger partial charge on any atom is -0.492 e. The Bertz CT molecular complexity index is 1920. The third kappa shape index (κ3) is 9.94. The van der Waals surface area contributed by atoms with Crippen molar-refractivity contribution in [2.24, 2.45) is 5.92 Å². The number of hydrogen-bond donors (Lipinski definition) is 0. The molecule has 0 bridgehead atoms. The predicted octanol–water partition coefficient (Wildman–Crippen LogP) is 7.50. The van der Waals surface area contributed by atoms with Crippen molar-refractivity contribution in [1.29, 1.82) is 0 Å². The molecule has 300 valence electrons. The van der Waals surface area contributed by atoms with Crippen molar-refractivity contribution in [3.05, 3.63) is 90.1 Å². The molecule has 2 atom stereocenters. The lowest BCUT2D eigenvalue weighted by atomic mass is 9.79. The molecule has 1 aliphatic carbocycles. The standard InChI is InChI=1S/C46H61N5O5/c1-46(2,3)56-45(53)50-22-20-40(36-11-8-10-35(30-36)34-14-18-39(19-15-34)55-29-27-48-25-23-47(4)24-26-48)42(33-50)44(52)51(38-16-17-38)32-37-31-49(21-9-28-54-5)43-13-7-6-12-41(37)43/h6-8,10-15,18-19,30-31,38,40,42H,9,16-17,20-29,32-33H2,1-5H3/t40-,42+/m1/s1. The molecule has 2 aliphatic heterocycles. The van der Waals surface area contributed by atoms with E-state index in [4.69, 9.17) is 14.2 Å². The fraction of sp³-hybridized carbons (Fsp3) is 0.522. The highest BCUT2D eigenvalue weighted by molar-refractivity contribution is 5.86. The summed E-state index contributed by atoms with van der Waals surface area (Å²) in [5, 5.41) is 1.18. The number of piperidine rings is 1. The Morgan fingerprint density at radius 1 is 0.839 bits per heavy atom. The number of carbonyl (C=O) groups is 2. The minimum atomic E-state index is -0.621. The summed E-state index contributed by atoms with van der Waals surface area (Å²) in [4.78, 5) is 37.2. The lowest BCUT2D eigenvalue weighted by molar-refractivity contribution is -0.139.